The van der Waals surface area contributed by atoms with E-state index in [0.717, 1.165) is 22.1 Å². The fraction of sp³-hybridized carbons (Fsp3) is 0.400. The lowest BCUT2D eigenvalue weighted by atomic mass is 10.1. The van der Waals surface area contributed by atoms with Crippen molar-refractivity contribution in [3.63, 3.8) is 0 Å². The number of benzene rings is 1. The first-order valence-electron chi connectivity index (χ1n) is 6.46. The Balaban J connectivity index is 2.34. The zero-order chi connectivity index (χ0) is 15.2. The lowest BCUT2D eigenvalue weighted by Crippen LogP contribution is -2.32. The van der Waals surface area contributed by atoms with Crippen LogP contribution in [0, 0.1) is 0 Å². The maximum absolute atomic E-state index is 11.4. The van der Waals surface area contributed by atoms with Gasteiger partial charge in [-0.05, 0) is 44.9 Å². The normalized spacial score (nSPS) is 11.6. The molecule has 3 N–H and O–H groups in total. The van der Waals surface area contributed by atoms with Crippen molar-refractivity contribution < 1.29 is 9.53 Å². The molecule has 20 heavy (non-hydrogen) atoms. The highest BCUT2D eigenvalue weighted by atomic mass is 79.9. The first kappa shape index (κ1) is 16.6. The molecule has 1 amide bonds. The first-order chi connectivity index (χ1) is 9.28. The Morgan fingerprint density at radius 1 is 1.45 bits per heavy atom. The quantitative estimate of drug-likeness (QED) is 0.644. The summed E-state index contributed by atoms with van der Waals surface area (Å²) in [5.41, 5.74) is 7.10. The minimum absolute atomic E-state index is 0.394. The number of carbonyl (C=O) groups is 1. The highest BCUT2D eigenvalue weighted by molar-refractivity contribution is 9.10. The van der Waals surface area contributed by atoms with Crippen LogP contribution in [0.5, 0.6) is 0 Å². The van der Waals surface area contributed by atoms with Crippen LogP contribution in [-0.4, -0.2) is 18.2 Å². The first-order valence-corrected chi connectivity index (χ1v) is 7.25. The number of nitrogens with one attached hydrogen (secondary N) is 1. The SMILES string of the molecule is CC(C)(C)OC(=O)NCCC=Cc1ccc(Br)cc1N. The van der Waals surface area contributed by atoms with Gasteiger partial charge in [0.1, 0.15) is 5.60 Å². The van der Waals surface area contributed by atoms with E-state index in [1.807, 2.05) is 51.1 Å². The van der Waals surface area contributed by atoms with Gasteiger partial charge in [0.25, 0.3) is 0 Å². The number of nitrogens with two attached hydrogens (primary N) is 1. The molecule has 0 fully saturated rings. The van der Waals surface area contributed by atoms with Crippen LogP contribution in [0.3, 0.4) is 0 Å². The van der Waals surface area contributed by atoms with E-state index in [2.05, 4.69) is 21.2 Å². The Morgan fingerprint density at radius 3 is 2.75 bits per heavy atom. The molecule has 0 saturated carbocycles. The molecule has 0 spiro atoms. The summed E-state index contributed by atoms with van der Waals surface area (Å²) in [4.78, 5) is 11.4. The summed E-state index contributed by atoms with van der Waals surface area (Å²) in [5, 5.41) is 2.70. The number of alkyl carbamates (subject to hydrolysis) is 1. The molecule has 0 radical (unpaired) electrons. The molecule has 0 aliphatic rings. The Bertz CT molecular complexity index is 493. The van der Waals surface area contributed by atoms with Crippen molar-refractivity contribution in [1.82, 2.24) is 5.32 Å². The van der Waals surface area contributed by atoms with Gasteiger partial charge >= 0.3 is 6.09 Å². The lowest BCUT2D eigenvalue weighted by Gasteiger charge is -2.19. The highest BCUT2D eigenvalue weighted by Gasteiger charge is 2.15. The van der Waals surface area contributed by atoms with Gasteiger partial charge in [0.05, 0.1) is 0 Å². The van der Waals surface area contributed by atoms with E-state index in [1.165, 1.54) is 0 Å². The fourth-order valence-corrected chi connectivity index (χ4v) is 1.86. The molecule has 1 rings (SSSR count). The molecule has 0 aliphatic heterocycles. The molecule has 0 heterocycles. The molecular formula is C15H21BrN2O2. The van der Waals surface area contributed by atoms with Crippen molar-refractivity contribution in [2.75, 3.05) is 12.3 Å². The number of amides is 1. The predicted molar refractivity (Wildman–Crippen MR) is 86.4 cm³/mol. The number of ether oxygens (including phenoxy) is 1. The minimum Gasteiger partial charge on any atom is -0.444 e. The van der Waals surface area contributed by atoms with Gasteiger partial charge in [-0.3, -0.25) is 0 Å². The van der Waals surface area contributed by atoms with Crippen LogP contribution in [0.1, 0.15) is 32.8 Å². The largest absolute Gasteiger partial charge is 0.444 e. The molecule has 0 atom stereocenters. The Hall–Kier alpha value is -1.49. The van der Waals surface area contributed by atoms with Crippen molar-refractivity contribution in [2.24, 2.45) is 0 Å². The van der Waals surface area contributed by atoms with E-state index in [4.69, 9.17) is 10.5 Å². The summed E-state index contributed by atoms with van der Waals surface area (Å²) in [6.45, 7) is 6.04. The summed E-state index contributed by atoms with van der Waals surface area (Å²) in [6.07, 6.45) is 4.23. The average molecular weight is 341 g/mol. The summed E-state index contributed by atoms with van der Waals surface area (Å²) in [6, 6.07) is 5.74. The molecule has 1 aromatic rings. The minimum atomic E-state index is -0.466. The van der Waals surface area contributed by atoms with Crippen molar-refractivity contribution in [2.45, 2.75) is 32.8 Å². The summed E-state index contributed by atoms with van der Waals surface area (Å²) < 4.78 is 6.09. The zero-order valence-electron chi connectivity index (χ0n) is 12.1. The number of hydrogen-bond acceptors (Lipinski definition) is 3. The summed E-state index contributed by atoms with van der Waals surface area (Å²) >= 11 is 3.36. The van der Waals surface area contributed by atoms with Crippen LogP contribution < -0.4 is 11.1 Å². The van der Waals surface area contributed by atoms with E-state index in [-0.39, 0.29) is 0 Å². The fourth-order valence-electron chi connectivity index (χ4n) is 1.48. The number of rotatable bonds is 4. The molecule has 0 unspecified atom stereocenters. The molecule has 5 heteroatoms. The second-order valence-electron chi connectivity index (χ2n) is 5.39. The number of hydrogen-bond donors (Lipinski definition) is 2. The highest BCUT2D eigenvalue weighted by Crippen LogP contribution is 2.19. The van der Waals surface area contributed by atoms with E-state index in [9.17, 15) is 4.79 Å². The number of halogens is 1. The Morgan fingerprint density at radius 2 is 2.15 bits per heavy atom. The Labute approximate surface area is 128 Å². The van der Waals surface area contributed by atoms with Gasteiger partial charge in [0.2, 0.25) is 0 Å². The standard InChI is InChI=1S/C15H21BrN2O2/c1-15(2,3)20-14(19)18-9-5-4-6-11-7-8-12(16)10-13(11)17/h4,6-8,10H,5,9,17H2,1-3H3,(H,18,19). The second kappa shape index (κ2) is 7.33. The van der Waals surface area contributed by atoms with Crippen LogP contribution in [0.4, 0.5) is 10.5 Å². The molecule has 4 nitrogen and oxygen atoms in total. The topological polar surface area (TPSA) is 64.3 Å². The molecule has 0 aromatic heterocycles. The van der Waals surface area contributed by atoms with E-state index < -0.39 is 11.7 Å². The van der Waals surface area contributed by atoms with E-state index in [0.29, 0.717) is 6.54 Å². The molecular weight excluding hydrogens is 320 g/mol. The maximum atomic E-state index is 11.4. The van der Waals surface area contributed by atoms with Crippen molar-refractivity contribution in [3.8, 4) is 0 Å². The van der Waals surface area contributed by atoms with Gasteiger partial charge in [-0.2, -0.15) is 0 Å². The second-order valence-corrected chi connectivity index (χ2v) is 6.31. The zero-order valence-corrected chi connectivity index (χ0v) is 13.7. The molecule has 1 aromatic carbocycles. The maximum Gasteiger partial charge on any atom is 0.407 e. The predicted octanol–water partition coefficient (Wildman–Crippen LogP) is 3.96. The third-order valence-electron chi connectivity index (χ3n) is 2.33. The van der Waals surface area contributed by atoms with Gasteiger partial charge in [-0.1, -0.05) is 34.1 Å². The van der Waals surface area contributed by atoms with Crippen molar-refractivity contribution in [1.29, 1.82) is 0 Å². The van der Waals surface area contributed by atoms with Crippen LogP contribution in [0.2, 0.25) is 0 Å². The number of anilines is 1. The third kappa shape index (κ3) is 6.61. The van der Waals surface area contributed by atoms with Gasteiger partial charge in [-0.25, -0.2) is 4.79 Å². The summed E-state index contributed by atoms with van der Waals surface area (Å²) in [7, 11) is 0. The monoisotopic (exact) mass is 340 g/mol. The van der Waals surface area contributed by atoms with Crippen LogP contribution in [0.25, 0.3) is 6.08 Å². The van der Waals surface area contributed by atoms with Gasteiger partial charge < -0.3 is 15.8 Å². The molecule has 0 aliphatic carbocycles. The number of carbonyl (C=O) groups excluding carboxylic acids is 1. The van der Waals surface area contributed by atoms with Crippen LogP contribution >= 0.6 is 15.9 Å². The summed E-state index contributed by atoms with van der Waals surface area (Å²) in [5.74, 6) is 0. The van der Waals surface area contributed by atoms with Gasteiger partial charge in [-0.15, -0.1) is 0 Å². The third-order valence-corrected chi connectivity index (χ3v) is 2.82. The smallest absolute Gasteiger partial charge is 0.407 e. The lowest BCUT2D eigenvalue weighted by molar-refractivity contribution is 0.0529. The molecule has 110 valence electrons. The van der Waals surface area contributed by atoms with Crippen molar-refractivity contribution >= 4 is 33.8 Å². The van der Waals surface area contributed by atoms with Crippen molar-refractivity contribution in [3.05, 3.63) is 34.3 Å². The molecule has 0 bridgehead atoms. The molecule has 0 saturated heterocycles. The van der Waals surface area contributed by atoms with Gasteiger partial charge in [0.15, 0.2) is 0 Å². The van der Waals surface area contributed by atoms with E-state index in [1.54, 1.807) is 0 Å². The van der Waals surface area contributed by atoms with Crippen LogP contribution in [0.15, 0.2) is 28.7 Å². The van der Waals surface area contributed by atoms with Crippen LogP contribution in [-0.2, 0) is 4.74 Å². The van der Waals surface area contributed by atoms with E-state index >= 15 is 0 Å². The number of nitrogen functional groups attached to an aromatic ring is 1. The average Bonchev–Trinajstić information content (AvgIpc) is 2.28. The van der Waals surface area contributed by atoms with Gasteiger partial charge in [0, 0.05) is 16.7 Å². The Kier molecular flexibility index (Phi) is 6.07.